The van der Waals surface area contributed by atoms with E-state index >= 15 is 0 Å². The van der Waals surface area contributed by atoms with Crippen LogP contribution in [0.25, 0.3) is 0 Å². The van der Waals surface area contributed by atoms with Crippen molar-refractivity contribution < 1.29 is 26.3 Å². The summed E-state index contributed by atoms with van der Waals surface area (Å²) >= 11 is 2.54. The number of aryl methyl sites for hydroxylation is 2. The standard InChI is InChI=1S/C14H12F3N.C8H11N.C6H2BrF3/c1-2-9-3-5-10(6-4-9)18-14-12(16)8-7-11(15)13(14)17;1-2-7-3-5-8(9)6-4-7;7-5-3(8)1-2-4(9)6(5)10/h3-8,18H,2H2,1H3;3-6H,2,9H2,1H3;1-2H. The molecule has 0 spiro atoms. The molecular formula is C28H25BrF6N2. The first-order chi connectivity index (χ1) is 17.6. The second kappa shape index (κ2) is 14.3. The zero-order chi connectivity index (χ0) is 27.5. The highest BCUT2D eigenvalue weighted by Crippen LogP contribution is 2.25. The molecule has 0 unspecified atom stereocenters. The van der Waals surface area contributed by atoms with Gasteiger partial charge in [-0.2, -0.15) is 0 Å². The molecule has 0 fully saturated rings. The molecule has 2 nitrogen and oxygen atoms in total. The van der Waals surface area contributed by atoms with Crippen molar-refractivity contribution in [2.75, 3.05) is 11.1 Å². The van der Waals surface area contributed by atoms with E-state index in [0.29, 0.717) is 5.69 Å². The fraction of sp³-hybridized carbons (Fsp3) is 0.143. The minimum absolute atomic E-state index is 0.465. The van der Waals surface area contributed by atoms with Crippen LogP contribution in [0.15, 0.2) is 77.3 Å². The maximum Gasteiger partial charge on any atom is 0.185 e. The van der Waals surface area contributed by atoms with Crippen LogP contribution < -0.4 is 11.1 Å². The lowest BCUT2D eigenvalue weighted by Crippen LogP contribution is -2.00. The molecule has 0 heterocycles. The Morgan fingerprint density at radius 1 is 0.595 bits per heavy atom. The third-order valence-corrected chi connectivity index (χ3v) is 5.78. The number of nitrogens with one attached hydrogen (secondary N) is 1. The maximum atomic E-state index is 13.4. The van der Waals surface area contributed by atoms with E-state index in [0.717, 1.165) is 48.4 Å². The van der Waals surface area contributed by atoms with E-state index < -0.39 is 45.1 Å². The second-order valence-electron chi connectivity index (χ2n) is 7.65. The van der Waals surface area contributed by atoms with Crippen molar-refractivity contribution >= 4 is 33.0 Å². The third-order valence-electron chi connectivity index (χ3n) is 5.05. The minimum atomic E-state index is -1.21. The number of hydrogen-bond donors (Lipinski definition) is 2. The van der Waals surface area contributed by atoms with Gasteiger partial charge in [-0.1, -0.05) is 38.1 Å². The van der Waals surface area contributed by atoms with Crippen molar-refractivity contribution in [3.63, 3.8) is 0 Å². The van der Waals surface area contributed by atoms with Crippen molar-refractivity contribution in [2.45, 2.75) is 26.7 Å². The van der Waals surface area contributed by atoms with Crippen LogP contribution in [-0.4, -0.2) is 0 Å². The van der Waals surface area contributed by atoms with Crippen LogP contribution in [-0.2, 0) is 12.8 Å². The Labute approximate surface area is 220 Å². The van der Waals surface area contributed by atoms with Crippen LogP contribution in [0.5, 0.6) is 0 Å². The molecule has 0 aliphatic rings. The van der Waals surface area contributed by atoms with E-state index in [1.165, 1.54) is 5.56 Å². The van der Waals surface area contributed by atoms with Crippen molar-refractivity contribution in [2.24, 2.45) is 0 Å². The molecule has 9 heteroatoms. The molecule has 0 aliphatic heterocycles. The van der Waals surface area contributed by atoms with Crippen LogP contribution >= 0.6 is 15.9 Å². The Hall–Kier alpha value is -3.46. The van der Waals surface area contributed by atoms with Gasteiger partial charge < -0.3 is 11.1 Å². The van der Waals surface area contributed by atoms with E-state index in [2.05, 4.69) is 40.3 Å². The normalized spacial score (nSPS) is 10.1. The molecule has 37 heavy (non-hydrogen) atoms. The van der Waals surface area contributed by atoms with Gasteiger partial charge in [-0.05, 0) is 88.4 Å². The minimum Gasteiger partial charge on any atom is -0.399 e. The molecule has 0 saturated heterocycles. The highest BCUT2D eigenvalue weighted by molar-refractivity contribution is 9.10. The van der Waals surface area contributed by atoms with Crippen LogP contribution in [0.2, 0.25) is 0 Å². The van der Waals surface area contributed by atoms with Gasteiger partial charge in [-0.25, -0.2) is 26.3 Å². The number of nitrogens with two attached hydrogens (primary N) is 1. The molecule has 196 valence electrons. The first-order valence-corrected chi connectivity index (χ1v) is 12.0. The number of rotatable bonds is 4. The summed E-state index contributed by atoms with van der Waals surface area (Å²) in [7, 11) is 0. The van der Waals surface area contributed by atoms with Gasteiger partial charge in [0, 0.05) is 11.4 Å². The smallest absolute Gasteiger partial charge is 0.185 e. The Bertz CT molecular complexity index is 1270. The lowest BCUT2D eigenvalue weighted by molar-refractivity contribution is 0.488. The molecule has 4 rings (SSSR count). The van der Waals surface area contributed by atoms with Crippen molar-refractivity contribution in [3.05, 3.63) is 123 Å². The number of nitrogen functional groups attached to an aromatic ring is 1. The molecule has 4 aromatic rings. The molecule has 0 aliphatic carbocycles. The van der Waals surface area contributed by atoms with Gasteiger partial charge in [0.1, 0.15) is 17.3 Å². The van der Waals surface area contributed by atoms with Crippen LogP contribution in [0.4, 0.5) is 43.4 Å². The summed E-state index contributed by atoms with van der Waals surface area (Å²) in [5, 5.41) is 2.54. The zero-order valence-corrected chi connectivity index (χ0v) is 21.7. The molecule has 3 N–H and O–H groups in total. The first kappa shape index (κ1) is 29.8. The molecule has 0 amide bonds. The zero-order valence-electron chi connectivity index (χ0n) is 20.1. The second-order valence-corrected chi connectivity index (χ2v) is 8.44. The monoisotopic (exact) mass is 582 g/mol. The van der Waals surface area contributed by atoms with Gasteiger partial charge in [0.2, 0.25) is 0 Å². The summed E-state index contributed by atoms with van der Waals surface area (Å²) in [4.78, 5) is 0. The summed E-state index contributed by atoms with van der Waals surface area (Å²) in [5.74, 6) is -6.18. The van der Waals surface area contributed by atoms with Gasteiger partial charge in [0.05, 0.1) is 4.47 Å². The number of halogens is 7. The van der Waals surface area contributed by atoms with Crippen molar-refractivity contribution in [1.82, 2.24) is 0 Å². The van der Waals surface area contributed by atoms with Crippen LogP contribution in [0.3, 0.4) is 0 Å². The quantitative estimate of drug-likeness (QED) is 0.109. The average molecular weight is 583 g/mol. The summed E-state index contributed by atoms with van der Waals surface area (Å²) < 4.78 is 76.2. The van der Waals surface area contributed by atoms with Crippen molar-refractivity contribution in [3.8, 4) is 0 Å². The molecule has 0 atom stereocenters. The molecule has 0 bridgehead atoms. The Morgan fingerprint density at radius 2 is 1.03 bits per heavy atom. The van der Waals surface area contributed by atoms with Gasteiger partial charge in [0.25, 0.3) is 0 Å². The highest BCUT2D eigenvalue weighted by Gasteiger charge is 2.13. The SMILES string of the molecule is CCc1ccc(N)cc1.CCc1ccc(Nc2c(F)ccc(F)c2F)cc1.Fc1ccc(F)c(Br)c1F. The number of hydrogen-bond acceptors (Lipinski definition) is 2. The summed E-state index contributed by atoms with van der Waals surface area (Å²) in [6, 6.07) is 18.3. The predicted molar refractivity (Wildman–Crippen MR) is 140 cm³/mol. The average Bonchev–Trinajstić information content (AvgIpc) is 2.91. The topological polar surface area (TPSA) is 38.0 Å². The van der Waals surface area contributed by atoms with Gasteiger partial charge in [-0.15, -0.1) is 0 Å². The first-order valence-electron chi connectivity index (χ1n) is 11.2. The summed E-state index contributed by atoms with van der Waals surface area (Å²) in [6.07, 6.45) is 1.96. The molecular weight excluding hydrogens is 558 g/mol. The van der Waals surface area contributed by atoms with Crippen molar-refractivity contribution in [1.29, 1.82) is 0 Å². The van der Waals surface area contributed by atoms with E-state index in [-0.39, 0.29) is 0 Å². The number of benzene rings is 4. The largest absolute Gasteiger partial charge is 0.399 e. The van der Waals surface area contributed by atoms with Gasteiger partial charge >= 0.3 is 0 Å². The third kappa shape index (κ3) is 8.86. The highest BCUT2D eigenvalue weighted by atomic mass is 79.9. The Kier molecular flexibility index (Phi) is 11.5. The van der Waals surface area contributed by atoms with E-state index in [4.69, 9.17) is 5.73 Å². The van der Waals surface area contributed by atoms with Gasteiger partial charge in [-0.3, -0.25) is 0 Å². The molecule has 0 aromatic heterocycles. The Balaban J connectivity index is 0.000000214. The number of anilines is 3. The van der Waals surface area contributed by atoms with E-state index in [1.54, 1.807) is 12.1 Å². The van der Waals surface area contributed by atoms with E-state index in [9.17, 15) is 26.3 Å². The molecule has 4 aromatic carbocycles. The molecule has 0 radical (unpaired) electrons. The summed E-state index contributed by atoms with van der Waals surface area (Å²) in [6.45, 7) is 4.14. The maximum absolute atomic E-state index is 13.4. The lowest BCUT2D eigenvalue weighted by atomic mass is 10.1. The fourth-order valence-electron chi connectivity index (χ4n) is 2.87. The van der Waals surface area contributed by atoms with E-state index in [1.807, 2.05) is 31.2 Å². The summed E-state index contributed by atoms with van der Waals surface area (Å²) in [5.41, 5.74) is 8.81. The lowest BCUT2D eigenvalue weighted by Gasteiger charge is -2.09. The Morgan fingerprint density at radius 3 is 1.51 bits per heavy atom. The fourth-order valence-corrected chi connectivity index (χ4v) is 3.19. The molecule has 0 saturated carbocycles. The van der Waals surface area contributed by atoms with Crippen LogP contribution in [0.1, 0.15) is 25.0 Å². The predicted octanol–water partition coefficient (Wildman–Crippen LogP) is 9.11. The van der Waals surface area contributed by atoms with Crippen LogP contribution in [0, 0.1) is 34.9 Å². The van der Waals surface area contributed by atoms with Gasteiger partial charge in [0.15, 0.2) is 23.3 Å².